The molecule has 2 unspecified atom stereocenters. The Labute approximate surface area is 210 Å². The summed E-state index contributed by atoms with van der Waals surface area (Å²) in [5.74, 6) is 0. The molecule has 0 aromatic heterocycles. The molecule has 34 heavy (non-hydrogen) atoms. The highest BCUT2D eigenvalue weighted by atomic mass is 32.3. The van der Waals surface area contributed by atoms with Crippen molar-refractivity contribution in [1.82, 2.24) is 4.90 Å². The Bertz CT molecular complexity index is 572. The van der Waals surface area contributed by atoms with Gasteiger partial charge in [-0.25, -0.2) is 13.3 Å². The number of aliphatic hydroxyl groups excluding tert-OH is 1. The monoisotopic (exact) mass is 506 g/mol. The van der Waals surface area contributed by atoms with Gasteiger partial charge in [0.2, 0.25) is 10.4 Å². The number of nitrogens with one attached hydrogen (secondary N) is 1. The van der Waals surface area contributed by atoms with Crippen LogP contribution in [0, 0.1) is 0 Å². The van der Waals surface area contributed by atoms with Gasteiger partial charge in [0.25, 0.3) is 0 Å². The van der Waals surface area contributed by atoms with Crippen molar-refractivity contribution in [2.75, 3.05) is 39.4 Å². The van der Waals surface area contributed by atoms with E-state index in [0.717, 1.165) is 6.54 Å². The van der Waals surface area contributed by atoms with E-state index in [9.17, 15) is 18.1 Å². The van der Waals surface area contributed by atoms with Crippen LogP contribution in [0.2, 0.25) is 0 Å². The molecular formula is C26H54N2O5S. The van der Waals surface area contributed by atoms with E-state index >= 15 is 0 Å². The molecule has 1 saturated heterocycles. The van der Waals surface area contributed by atoms with Crippen molar-refractivity contribution in [3.05, 3.63) is 12.2 Å². The maximum atomic E-state index is 9.45. The number of unbranched alkanes of at least 4 members (excludes halogenated alkanes) is 11. The second-order valence-electron chi connectivity index (χ2n) is 9.22. The molecule has 7 nitrogen and oxygen atoms in total. The van der Waals surface area contributed by atoms with Crippen molar-refractivity contribution in [3.63, 3.8) is 0 Å². The number of hydrogen-bond donors (Lipinski definition) is 2. The van der Waals surface area contributed by atoms with Crippen molar-refractivity contribution in [2.45, 2.75) is 117 Å². The first-order valence-electron chi connectivity index (χ1n) is 13.8. The van der Waals surface area contributed by atoms with Crippen LogP contribution in [-0.2, 0) is 14.6 Å². The molecule has 0 bridgehead atoms. The van der Waals surface area contributed by atoms with Gasteiger partial charge in [-0.05, 0) is 46.0 Å². The van der Waals surface area contributed by atoms with Crippen molar-refractivity contribution in [1.29, 1.82) is 0 Å². The average molecular weight is 507 g/mol. The first kappa shape index (κ1) is 33.5. The lowest BCUT2D eigenvalue weighted by Gasteiger charge is -2.26. The van der Waals surface area contributed by atoms with Crippen molar-refractivity contribution in [2.24, 2.45) is 0 Å². The zero-order chi connectivity index (χ0) is 25.5. The fraction of sp³-hybridized carbons (Fsp3) is 0.923. The molecule has 0 aromatic rings. The largest absolute Gasteiger partial charge is 0.726 e. The standard InChI is InChI=1S/C24H48N2O.C2H6O4S/c1-3-5-6-7-8-9-10-11-12-13-14-15-16-17-18-19-24-25(4-2)20-21-26(24)22-23-27;1-2-6-7(3,4)5/h11-12,24,27H,3-10,13-23H2,1-2H3;2H2,1H3,(H,3,4,5). The second-order valence-corrected chi connectivity index (χ2v) is 10.3. The van der Waals surface area contributed by atoms with E-state index in [2.05, 4.69) is 35.1 Å². The van der Waals surface area contributed by atoms with Crippen molar-refractivity contribution < 1.29 is 27.2 Å². The quantitative estimate of drug-likeness (QED) is 0.112. The summed E-state index contributed by atoms with van der Waals surface area (Å²) >= 11 is 0. The fourth-order valence-corrected chi connectivity index (χ4v) is 4.90. The smallest absolute Gasteiger partial charge is 0.217 e. The van der Waals surface area contributed by atoms with E-state index in [1.54, 1.807) is 4.90 Å². The van der Waals surface area contributed by atoms with Crippen LogP contribution in [0.5, 0.6) is 0 Å². The second kappa shape index (κ2) is 22.9. The van der Waals surface area contributed by atoms with Crippen LogP contribution in [0.4, 0.5) is 0 Å². The van der Waals surface area contributed by atoms with Crippen LogP contribution in [0.3, 0.4) is 0 Å². The molecule has 1 aliphatic rings. The van der Waals surface area contributed by atoms with Gasteiger partial charge in [-0.2, -0.15) is 0 Å². The van der Waals surface area contributed by atoms with E-state index in [1.165, 1.54) is 116 Å². The van der Waals surface area contributed by atoms with Crippen LogP contribution in [0.1, 0.15) is 111 Å². The molecule has 2 N–H and O–H groups in total. The molecule has 1 heterocycles. The van der Waals surface area contributed by atoms with E-state index in [-0.39, 0.29) is 6.61 Å². The average Bonchev–Trinajstić information content (AvgIpc) is 3.18. The Hall–Kier alpha value is -0.510. The van der Waals surface area contributed by atoms with Crippen LogP contribution >= 0.6 is 0 Å². The van der Waals surface area contributed by atoms with E-state index in [4.69, 9.17) is 0 Å². The predicted octanol–water partition coefficient (Wildman–Crippen LogP) is 4.05. The summed E-state index contributed by atoms with van der Waals surface area (Å²) in [4.78, 5) is 4.23. The molecule has 1 fully saturated rings. The molecule has 0 saturated carbocycles. The van der Waals surface area contributed by atoms with Crippen LogP contribution in [0.25, 0.3) is 0 Å². The number of likely N-dealkylation sites (N-methyl/N-ethyl adjacent to an activating group) is 1. The highest BCUT2D eigenvalue weighted by molar-refractivity contribution is 7.80. The first-order chi connectivity index (χ1) is 16.4. The molecule has 204 valence electrons. The number of nitrogens with zero attached hydrogens (tertiary/aromatic N) is 1. The summed E-state index contributed by atoms with van der Waals surface area (Å²) in [6.07, 6.45) is 24.6. The molecule has 2 atom stereocenters. The maximum Gasteiger partial charge on any atom is 0.217 e. The lowest BCUT2D eigenvalue weighted by Crippen LogP contribution is -3.14. The van der Waals surface area contributed by atoms with E-state index in [0.29, 0.717) is 12.8 Å². The zero-order valence-corrected chi connectivity index (χ0v) is 23.1. The van der Waals surface area contributed by atoms with Crippen LogP contribution < -0.4 is 4.90 Å². The van der Waals surface area contributed by atoms with E-state index in [1.807, 2.05) is 0 Å². The van der Waals surface area contributed by atoms with Gasteiger partial charge in [0.1, 0.15) is 6.17 Å². The molecule has 1 rings (SSSR count). The van der Waals surface area contributed by atoms with Gasteiger partial charge in [0.05, 0.1) is 32.8 Å². The number of aliphatic hydroxyl groups is 1. The lowest BCUT2D eigenvalue weighted by atomic mass is 10.1. The van der Waals surface area contributed by atoms with Crippen LogP contribution in [-0.4, -0.2) is 68.5 Å². The van der Waals surface area contributed by atoms with E-state index < -0.39 is 10.4 Å². The minimum Gasteiger partial charge on any atom is -0.726 e. The molecule has 0 spiro atoms. The van der Waals surface area contributed by atoms with Gasteiger partial charge < -0.3 is 14.6 Å². The van der Waals surface area contributed by atoms with Gasteiger partial charge in [-0.3, -0.25) is 4.18 Å². The Balaban J connectivity index is 0.00000135. The van der Waals surface area contributed by atoms with Crippen molar-refractivity contribution in [3.8, 4) is 0 Å². The number of rotatable bonds is 20. The summed E-state index contributed by atoms with van der Waals surface area (Å²) < 4.78 is 32.0. The summed E-state index contributed by atoms with van der Waals surface area (Å²) in [6, 6.07) is 0. The van der Waals surface area contributed by atoms with Crippen LogP contribution in [0.15, 0.2) is 12.2 Å². The maximum absolute atomic E-state index is 9.45. The first-order valence-corrected chi connectivity index (χ1v) is 15.2. The zero-order valence-electron chi connectivity index (χ0n) is 22.3. The third kappa shape index (κ3) is 19.8. The van der Waals surface area contributed by atoms with Gasteiger partial charge in [-0.15, -0.1) is 0 Å². The third-order valence-electron chi connectivity index (χ3n) is 6.48. The fourth-order valence-electron chi connectivity index (χ4n) is 4.62. The minimum atomic E-state index is -4.42. The molecular weight excluding hydrogens is 452 g/mol. The Morgan fingerprint density at radius 3 is 1.97 bits per heavy atom. The highest BCUT2D eigenvalue weighted by Crippen LogP contribution is 2.12. The predicted molar refractivity (Wildman–Crippen MR) is 140 cm³/mol. The topological polar surface area (TPSA) is 94.3 Å². The molecule has 1 aliphatic heterocycles. The summed E-state index contributed by atoms with van der Waals surface area (Å²) in [6.45, 7) is 10.7. The number of hydrogen-bond acceptors (Lipinski definition) is 6. The summed E-state index contributed by atoms with van der Waals surface area (Å²) in [7, 11) is -4.42. The Morgan fingerprint density at radius 2 is 1.50 bits per heavy atom. The summed E-state index contributed by atoms with van der Waals surface area (Å²) in [5.41, 5.74) is 0. The Morgan fingerprint density at radius 1 is 0.941 bits per heavy atom. The molecule has 0 amide bonds. The van der Waals surface area contributed by atoms with Gasteiger partial charge >= 0.3 is 0 Å². The minimum absolute atomic E-state index is 0.0914. The molecule has 0 aliphatic carbocycles. The number of quaternary nitrogens is 1. The number of allylic oxidation sites excluding steroid dienone is 2. The third-order valence-corrected chi connectivity index (χ3v) is 7.00. The molecule has 0 radical (unpaired) electrons. The molecule has 8 heteroatoms. The van der Waals surface area contributed by atoms with Gasteiger partial charge in [0, 0.05) is 13.0 Å². The highest BCUT2D eigenvalue weighted by Gasteiger charge is 2.33. The number of β-amino-alcohol motifs (C(OH)–C–C–N with tert-alkyl or cyclic N) is 1. The normalized spacial score (nSPS) is 19.0. The van der Waals surface area contributed by atoms with Gasteiger partial charge in [-0.1, -0.05) is 70.4 Å². The summed E-state index contributed by atoms with van der Waals surface area (Å²) in [5, 5.41) is 9.25. The SMILES string of the molecule is CCCCCCCCC=CCCCCCCCC1N(CCO)CC[NH+]1CC.CCOS(=O)(=O)[O-]. The molecule has 0 aromatic carbocycles. The van der Waals surface area contributed by atoms with Gasteiger partial charge in [0.15, 0.2) is 0 Å². The Kier molecular flexibility index (Phi) is 22.6. The van der Waals surface area contributed by atoms with Crippen molar-refractivity contribution >= 4 is 10.4 Å². The lowest BCUT2D eigenvalue weighted by molar-refractivity contribution is -0.917.